The van der Waals surface area contributed by atoms with Crippen LogP contribution in [-0.2, 0) is 14.3 Å². The van der Waals surface area contributed by atoms with Crippen molar-refractivity contribution in [2.75, 3.05) is 13.2 Å². The van der Waals surface area contributed by atoms with Gasteiger partial charge >= 0.3 is 5.97 Å². The van der Waals surface area contributed by atoms with Crippen LogP contribution in [0.15, 0.2) is 12.7 Å². The molecule has 0 saturated carbocycles. The Bertz CT molecular complexity index is 256. The summed E-state index contributed by atoms with van der Waals surface area (Å²) in [4.78, 5) is 11.1. The molecule has 1 N–H and O–H groups in total. The lowest BCUT2D eigenvalue weighted by Gasteiger charge is -2.28. The maximum Gasteiger partial charge on any atom is 0.330 e. The second-order valence-electron chi connectivity index (χ2n) is 5.22. The molecule has 0 aromatic rings. The van der Waals surface area contributed by atoms with Crippen molar-refractivity contribution in [2.45, 2.75) is 51.7 Å². The highest BCUT2D eigenvalue weighted by Gasteiger charge is 2.24. The van der Waals surface area contributed by atoms with E-state index in [9.17, 15) is 4.79 Å². The van der Waals surface area contributed by atoms with Gasteiger partial charge in [-0.05, 0) is 34.1 Å². The fourth-order valence-corrected chi connectivity index (χ4v) is 1.28. The van der Waals surface area contributed by atoms with Crippen LogP contribution >= 0.6 is 0 Å². The van der Waals surface area contributed by atoms with Crippen LogP contribution in [-0.4, -0.2) is 35.5 Å². The molecular formula is C13H24O4. The van der Waals surface area contributed by atoms with Gasteiger partial charge in [-0.3, -0.25) is 0 Å². The van der Waals surface area contributed by atoms with Gasteiger partial charge in [-0.15, -0.1) is 0 Å². The van der Waals surface area contributed by atoms with E-state index >= 15 is 0 Å². The van der Waals surface area contributed by atoms with Gasteiger partial charge < -0.3 is 14.6 Å². The van der Waals surface area contributed by atoms with E-state index in [1.165, 1.54) is 0 Å². The third-order valence-corrected chi connectivity index (χ3v) is 2.45. The summed E-state index contributed by atoms with van der Waals surface area (Å²) in [6.45, 7) is 11.4. The third kappa shape index (κ3) is 7.94. The average molecular weight is 244 g/mol. The minimum atomic E-state index is -0.569. The van der Waals surface area contributed by atoms with Crippen LogP contribution in [0.2, 0.25) is 0 Å². The molecule has 0 aliphatic rings. The lowest BCUT2D eigenvalue weighted by atomic mass is 10.0. The summed E-state index contributed by atoms with van der Waals surface area (Å²) >= 11 is 0. The zero-order valence-corrected chi connectivity index (χ0v) is 11.3. The Kier molecular flexibility index (Phi) is 6.42. The highest BCUT2D eigenvalue weighted by Crippen LogP contribution is 2.19. The minimum absolute atomic E-state index is 0.0991. The molecular weight excluding hydrogens is 220 g/mol. The van der Waals surface area contributed by atoms with Gasteiger partial charge in [0, 0.05) is 19.1 Å². The first-order valence-electron chi connectivity index (χ1n) is 5.83. The van der Waals surface area contributed by atoms with Crippen molar-refractivity contribution in [3.63, 3.8) is 0 Å². The smallest absolute Gasteiger partial charge is 0.330 e. The van der Waals surface area contributed by atoms with E-state index in [0.717, 1.165) is 6.08 Å². The third-order valence-electron chi connectivity index (χ3n) is 2.45. The van der Waals surface area contributed by atoms with Crippen molar-refractivity contribution in [3.8, 4) is 0 Å². The molecule has 0 bridgehead atoms. The molecule has 0 saturated heterocycles. The molecule has 0 fully saturated rings. The summed E-state index contributed by atoms with van der Waals surface area (Å²) in [5.41, 5.74) is -0.923. The molecule has 0 radical (unpaired) electrons. The highest BCUT2D eigenvalue weighted by molar-refractivity contribution is 5.81. The molecule has 4 heteroatoms. The van der Waals surface area contributed by atoms with E-state index in [4.69, 9.17) is 14.6 Å². The Morgan fingerprint density at radius 2 is 1.82 bits per heavy atom. The topological polar surface area (TPSA) is 55.8 Å². The predicted octanol–water partition coefficient (Wildman–Crippen LogP) is 2.06. The monoisotopic (exact) mass is 244 g/mol. The maximum absolute atomic E-state index is 11.1. The Balaban J connectivity index is 4.02. The van der Waals surface area contributed by atoms with Gasteiger partial charge in [0.25, 0.3) is 0 Å². The number of ether oxygens (including phenoxy) is 2. The van der Waals surface area contributed by atoms with Crippen molar-refractivity contribution < 1.29 is 19.4 Å². The fraction of sp³-hybridized carbons (Fsp3) is 0.769. The Morgan fingerprint density at radius 1 is 1.24 bits per heavy atom. The van der Waals surface area contributed by atoms with Crippen molar-refractivity contribution in [2.24, 2.45) is 0 Å². The number of carbonyl (C=O) groups is 1. The van der Waals surface area contributed by atoms with E-state index < -0.39 is 11.6 Å². The maximum atomic E-state index is 11.1. The summed E-state index contributed by atoms with van der Waals surface area (Å²) in [6, 6.07) is 0. The minimum Gasteiger partial charge on any atom is -0.456 e. The molecule has 17 heavy (non-hydrogen) atoms. The van der Waals surface area contributed by atoms with Gasteiger partial charge in [-0.2, -0.15) is 0 Å². The van der Waals surface area contributed by atoms with E-state index in [-0.39, 0.29) is 12.2 Å². The lowest BCUT2D eigenvalue weighted by Crippen LogP contribution is -2.32. The first-order valence-corrected chi connectivity index (χ1v) is 5.83. The predicted molar refractivity (Wildman–Crippen MR) is 66.7 cm³/mol. The Labute approximate surface area is 104 Å². The van der Waals surface area contributed by atoms with Crippen molar-refractivity contribution in [3.05, 3.63) is 12.7 Å². The number of rotatable bonds is 8. The molecule has 0 aromatic carbocycles. The highest BCUT2D eigenvalue weighted by atomic mass is 16.6. The van der Waals surface area contributed by atoms with Gasteiger partial charge in [-0.1, -0.05) is 6.58 Å². The van der Waals surface area contributed by atoms with E-state index in [1.54, 1.807) is 0 Å². The van der Waals surface area contributed by atoms with Crippen LogP contribution in [0, 0.1) is 0 Å². The molecule has 100 valence electrons. The van der Waals surface area contributed by atoms with Crippen molar-refractivity contribution >= 4 is 5.97 Å². The quantitative estimate of drug-likeness (QED) is 0.524. The summed E-state index contributed by atoms with van der Waals surface area (Å²) in [5.74, 6) is -0.426. The van der Waals surface area contributed by atoms with E-state index in [1.807, 2.05) is 27.7 Å². The zero-order valence-electron chi connectivity index (χ0n) is 11.3. The van der Waals surface area contributed by atoms with Crippen LogP contribution in [0.4, 0.5) is 0 Å². The van der Waals surface area contributed by atoms with Crippen molar-refractivity contribution in [1.82, 2.24) is 0 Å². The Morgan fingerprint density at radius 3 is 2.29 bits per heavy atom. The molecule has 0 spiro atoms. The number of hydrogen-bond acceptors (Lipinski definition) is 4. The number of aliphatic hydroxyl groups is 1. The van der Waals surface area contributed by atoms with Gasteiger partial charge in [0.1, 0.15) is 5.60 Å². The summed E-state index contributed by atoms with van der Waals surface area (Å²) < 4.78 is 10.8. The molecule has 4 nitrogen and oxygen atoms in total. The lowest BCUT2D eigenvalue weighted by molar-refractivity contribution is -0.153. The Hall–Kier alpha value is -0.870. The number of esters is 1. The van der Waals surface area contributed by atoms with Crippen molar-refractivity contribution in [1.29, 1.82) is 0 Å². The summed E-state index contributed by atoms with van der Waals surface area (Å²) in [7, 11) is 0. The average Bonchev–Trinajstić information content (AvgIpc) is 2.15. The first-order chi connectivity index (χ1) is 7.72. The first kappa shape index (κ1) is 16.1. The molecule has 0 rings (SSSR count). The molecule has 0 aromatic heterocycles. The molecule has 0 aliphatic heterocycles. The number of hydrogen-bond donors (Lipinski definition) is 1. The second-order valence-corrected chi connectivity index (χ2v) is 5.22. The van der Waals surface area contributed by atoms with Crippen LogP contribution in [0.3, 0.4) is 0 Å². The molecule has 0 heterocycles. The number of carbonyl (C=O) groups excluding carboxylic acids is 1. The van der Waals surface area contributed by atoms with E-state index in [0.29, 0.717) is 19.4 Å². The standard InChI is InChI=1S/C13H24O4/c1-6-11(15)17-13(4,5)8-10-16-12(2,3)7-9-14/h6,14H,1,7-10H2,2-5H3. The summed E-state index contributed by atoms with van der Waals surface area (Å²) in [5, 5.41) is 8.85. The number of aliphatic hydroxyl groups excluding tert-OH is 1. The molecule has 0 amide bonds. The van der Waals surface area contributed by atoms with Gasteiger partial charge in [-0.25, -0.2) is 4.79 Å². The van der Waals surface area contributed by atoms with Crippen LogP contribution in [0.1, 0.15) is 40.5 Å². The molecule has 0 unspecified atom stereocenters. The normalized spacial score (nSPS) is 12.3. The summed E-state index contributed by atoms with van der Waals surface area (Å²) in [6.07, 6.45) is 2.33. The van der Waals surface area contributed by atoms with Gasteiger partial charge in [0.15, 0.2) is 0 Å². The zero-order chi connectivity index (χ0) is 13.5. The van der Waals surface area contributed by atoms with E-state index in [2.05, 4.69) is 6.58 Å². The van der Waals surface area contributed by atoms with Gasteiger partial charge in [0.2, 0.25) is 0 Å². The largest absolute Gasteiger partial charge is 0.456 e. The van der Waals surface area contributed by atoms with Crippen LogP contribution < -0.4 is 0 Å². The fourth-order valence-electron chi connectivity index (χ4n) is 1.28. The van der Waals surface area contributed by atoms with Crippen LogP contribution in [0.25, 0.3) is 0 Å². The SMILES string of the molecule is C=CC(=O)OC(C)(C)CCOC(C)(C)CCO. The molecule has 0 atom stereocenters. The van der Waals surface area contributed by atoms with Gasteiger partial charge in [0.05, 0.1) is 12.2 Å². The molecule has 0 aliphatic carbocycles. The van der Waals surface area contributed by atoms with Crippen LogP contribution in [0.5, 0.6) is 0 Å². The second kappa shape index (κ2) is 6.77.